The SMILES string of the molecule is O=C(c1ccc2c(c1)COC2)N1CC[C@@H](O)C1. The van der Waals surface area contributed by atoms with Gasteiger partial charge in [-0.05, 0) is 29.7 Å². The fourth-order valence-electron chi connectivity index (χ4n) is 2.41. The third-order valence-electron chi connectivity index (χ3n) is 3.42. The van der Waals surface area contributed by atoms with Crippen molar-refractivity contribution < 1.29 is 14.6 Å². The normalized spacial score (nSPS) is 22.9. The number of β-amino-alcohol motifs (C(OH)–C–C–N with tert-alkyl or cyclic N) is 1. The number of aliphatic hydroxyl groups is 1. The van der Waals surface area contributed by atoms with Crippen LogP contribution in [0.3, 0.4) is 0 Å². The molecule has 1 N–H and O–H groups in total. The molecule has 1 atom stereocenters. The molecule has 1 amide bonds. The molecule has 17 heavy (non-hydrogen) atoms. The average molecular weight is 233 g/mol. The van der Waals surface area contributed by atoms with Gasteiger partial charge in [0.1, 0.15) is 0 Å². The maximum absolute atomic E-state index is 12.2. The molecule has 0 aromatic heterocycles. The summed E-state index contributed by atoms with van der Waals surface area (Å²) in [7, 11) is 0. The van der Waals surface area contributed by atoms with E-state index in [0.29, 0.717) is 38.3 Å². The fourth-order valence-corrected chi connectivity index (χ4v) is 2.41. The van der Waals surface area contributed by atoms with Crippen LogP contribution in [0.25, 0.3) is 0 Å². The Morgan fingerprint density at radius 2 is 2.18 bits per heavy atom. The van der Waals surface area contributed by atoms with E-state index >= 15 is 0 Å². The summed E-state index contributed by atoms with van der Waals surface area (Å²) in [5, 5.41) is 9.44. The molecule has 0 aliphatic carbocycles. The van der Waals surface area contributed by atoms with E-state index in [1.807, 2.05) is 18.2 Å². The topological polar surface area (TPSA) is 49.8 Å². The molecule has 0 radical (unpaired) electrons. The van der Waals surface area contributed by atoms with Crippen LogP contribution in [0.1, 0.15) is 27.9 Å². The molecule has 0 unspecified atom stereocenters. The first-order valence-electron chi connectivity index (χ1n) is 5.91. The first kappa shape index (κ1) is 10.7. The Hall–Kier alpha value is -1.39. The number of amides is 1. The van der Waals surface area contributed by atoms with Gasteiger partial charge in [-0.15, -0.1) is 0 Å². The minimum atomic E-state index is -0.364. The molecule has 4 heteroatoms. The minimum absolute atomic E-state index is 0.0104. The summed E-state index contributed by atoms with van der Waals surface area (Å²) in [5.41, 5.74) is 2.97. The van der Waals surface area contributed by atoms with Crippen LogP contribution in [0.2, 0.25) is 0 Å². The van der Waals surface area contributed by atoms with Crippen molar-refractivity contribution in [1.29, 1.82) is 0 Å². The summed E-state index contributed by atoms with van der Waals surface area (Å²) in [6.07, 6.45) is 0.316. The highest BCUT2D eigenvalue weighted by atomic mass is 16.5. The molecular formula is C13H15NO3. The zero-order valence-electron chi connectivity index (χ0n) is 9.56. The molecular weight excluding hydrogens is 218 g/mol. The van der Waals surface area contributed by atoms with Gasteiger partial charge in [0, 0.05) is 18.7 Å². The number of benzene rings is 1. The van der Waals surface area contributed by atoms with Crippen LogP contribution in [-0.2, 0) is 18.0 Å². The number of likely N-dealkylation sites (tertiary alicyclic amines) is 1. The van der Waals surface area contributed by atoms with E-state index in [4.69, 9.17) is 4.74 Å². The molecule has 2 aliphatic heterocycles. The summed E-state index contributed by atoms with van der Waals surface area (Å²) in [6, 6.07) is 5.72. The number of fused-ring (bicyclic) bond motifs is 1. The zero-order valence-corrected chi connectivity index (χ0v) is 9.56. The number of carbonyl (C=O) groups is 1. The Morgan fingerprint density at radius 3 is 2.94 bits per heavy atom. The second-order valence-corrected chi connectivity index (χ2v) is 4.67. The lowest BCUT2D eigenvalue weighted by Gasteiger charge is -2.15. The van der Waals surface area contributed by atoms with Crippen molar-refractivity contribution in [3.63, 3.8) is 0 Å². The number of ether oxygens (including phenoxy) is 1. The van der Waals surface area contributed by atoms with Crippen molar-refractivity contribution in [2.24, 2.45) is 0 Å². The first-order valence-corrected chi connectivity index (χ1v) is 5.91. The van der Waals surface area contributed by atoms with Crippen LogP contribution in [0, 0.1) is 0 Å². The molecule has 0 saturated carbocycles. The highest BCUT2D eigenvalue weighted by molar-refractivity contribution is 5.94. The van der Waals surface area contributed by atoms with Gasteiger partial charge in [-0.2, -0.15) is 0 Å². The number of hydrogen-bond donors (Lipinski definition) is 1. The zero-order chi connectivity index (χ0) is 11.8. The number of aliphatic hydroxyl groups excluding tert-OH is 1. The fraction of sp³-hybridized carbons (Fsp3) is 0.462. The second kappa shape index (κ2) is 4.13. The molecule has 0 bridgehead atoms. The summed E-state index contributed by atoms with van der Waals surface area (Å²) in [6.45, 7) is 2.34. The number of rotatable bonds is 1. The van der Waals surface area contributed by atoms with Crippen molar-refractivity contribution in [2.75, 3.05) is 13.1 Å². The third-order valence-corrected chi connectivity index (χ3v) is 3.42. The van der Waals surface area contributed by atoms with Crippen LogP contribution in [-0.4, -0.2) is 35.1 Å². The van der Waals surface area contributed by atoms with Gasteiger partial charge in [0.2, 0.25) is 0 Å². The lowest BCUT2D eigenvalue weighted by molar-refractivity contribution is 0.0765. The van der Waals surface area contributed by atoms with Crippen molar-refractivity contribution in [2.45, 2.75) is 25.7 Å². The van der Waals surface area contributed by atoms with E-state index in [1.165, 1.54) is 5.56 Å². The lowest BCUT2D eigenvalue weighted by Crippen LogP contribution is -2.29. The Labute approximate surface area is 99.8 Å². The third kappa shape index (κ3) is 1.94. The quantitative estimate of drug-likeness (QED) is 0.784. The van der Waals surface area contributed by atoms with Gasteiger partial charge in [0.15, 0.2) is 0 Å². The summed E-state index contributed by atoms with van der Waals surface area (Å²) < 4.78 is 5.33. The molecule has 4 nitrogen and oxygen atoms in total. The maximum Gasteiger partial charge on any atom is 0.253 e. The molecule has 1 saturated heterocycles. The van der Waals surface area contributed by atoms with Crippen molar-refractivity contribution in [3.05, 3.63) is 34.9 Å². The van der Waals surface area contributed by atoms with Gasteiger partial charge in [-0.1, -0.05) is 6.07 Å². The molecule has 1 fully saturated rings. The largest absolute Gasteiger partial charge is 0.391 e. The highest BCUT2D eigenvalue weighted by Gasteiger charge is 2.26. The predicted molar refractivity (Wildman–Crippen MR) is 61.5 cm³/mol. The molecule has 1 aromatic rings. The highest BCUT2D eigenvalue weighted by Crippen LogP contribution is 2.22. The number of nitrogens with zero attached hydrogens (tertiary/aromatic N) is 1. The number of carbonyl (C=O) groups excluding carboxylic acids is 1. The van der Waals surface area contributed by atoms with Gasteiger partial charge in [-0.3, -0.25) is 4.79 Å². The van der Waals surface area contributed by atoms with Crippen LogP contribution < -0.4 is 0 Å². The Balaban J connectivity index is 1.82. The second-order valence-electron chi connectivity index (χ2n) is 4.67. The predicted octanol–water partition coefficient (Wildman–Crippen LogP) is 0.924. The number of hydrogen-bond acceptors (Lipinski definition) is 3. The van der Waals surface area contributed by atoms with Crippen molar-refractivity contribution in [1.82, 2.24) is 4.90 Å². The molecule has 2 aliphatic rings. The minimum Gasteiger partial charge on any atom is -0.391 e. The van der Waals surface area contributed by atoms with E-state index in [-0.39, 0.29) is 12.0 Å². The van der Waals surface area contributed by atoms with Gasteiger partial charge in [0.25, 0.3) is 5.91 Å². The first-order chi connectivity index (χ1) is 8.24. The Morgan fingerprint density at radius 1 is 1.35 bits per heavy atom. The van der Waals surface area contributed by atoms with Gasteiger partial charge in [-0.25, -0.2) is 0 Å². The van der Waals surface area contributed by atoms with Crippen molar-refractivity contribution >= 4 is 5.91 Å². The van der Waals surface area contributed by atoms with Crippen molar-refractivity contribution in [3.8, 4) is 0 Å². The lowest BCUT2D eigenvalue weighted by atomic mass is 10.1. The van der Waals surface area contributed by atoms with Crippen LogP contribution in [0.5, 0.6) is 0 Å². The average Bonchev–Trinajstić information content (AvgIpc) is 2.95. The van der Waals surface area contributed by atoms with E-state index < -0.39 is 0 Å². The summed E-state index contributed by atoms with van der Waals surface area (Å²) >= 11 is 0. The van der Waals surface area contributed by atoms with E-state index in [0.717, 1.165) is 5.56 Å². The van der Waals surface area contributed by atoms with Crippen LogP contribution >= 0.6 is 0 Å². The van der Waals surface area contributed by atoms with Gasteiger partial charge < -0.3 is 14.7 Å². The summed E-state index contributed by atoms with van der Waals surface area (Å²) in [5.74, 6) is 0.0104. The van der Waals surface area contributed by atoms with Gasteiger partial charge >= 0.3 is 0 Å². The maximum atomic E-state index is 12.2. The molecule has 0 spiro atoms. The standard InChI is InChI=1S/C13H15NO3/c15-12-3-4-14(6-12)13(16)9-1-2-10-7-17-8-11(10)5-9/h1-2,5,12,15H,3-4,6-8H2/t12-/m1/s1. The smallest absolute Gasteiger partial charge is 0.253 e. The molecule has 2 heterocycles. The molecule has 1 aromatic carbocycles. The van der Waals surface area contributed by atoms with Crippen LogP contribution in [0.4, 0.5) is 0 Å². The Bertz CT molecular complexity index is 458. The van der Waals surface area contributed by atoms with Crippen LogP contribution in [0.15, 0.2) is 18.2 Å². The van der Waals surface area contributed by atoms with E-state index in [1.54, 1.807) is 4.90 Å². The van der Waals surface area contributed by atoms with Gasteiger partial charge in [0.05, 0.1) is 19.3 Å². The summed E-state index contributed by atoms with van der Waals surface area (Å²) in [4.78, 5) is 13.9. The van der Waals surface area contributed by atoms with E-state index in [2.05, 4.69) is 0 Å². The Kier molecular flexibility index (Phi) is 2.61. The van der Waals surface area contributed by atoms with E-state index in [9.17, 15) is 9.90 Å². The monoisotopic (exact) mass is 233 g/mol. The molecule has 3 rings (SSSR count). The molecule has 90 valence electrons.